The summed E-state index contributed by atoms with van der Waals surface area (Å²) in [6.45, 7) is 4.23. The molecular formula is C16H19ClO2S. The molecule has 1 aromatic heterocycles. The second-order valence-electron chi connectivity index (χ2n) is 4.77. The topological polar surface area (TPSA) is 18.5 Å². The first kappa shape index (κ1) is 15.2. The molecule has 20 heavy (non-hydrogen) atoms. The molecule has 0 N–H and O–H groups in total. The van der Waals surface area contributed by atoms with Gasteiger partial charge in [0.1, 0.15) is 0 Å². The van der Waals surface area contributed by atoms with Gasteiger partial charge in [0.15, 0.2) is 11.5 Å². The Labute approximate surface area is 129 Å². The lowest BCUT2D eigenvalue weighted by molar-refractivity contribution is 0.354. The maximum Gasteiger partial charge on any atom is 0.160 e. The molecule has 1 aromatic carbocycles. The van der Waals surface area contributed by atoms with Crippen LogP contribution in [0.15, 0.2) is 24.3 Å². The lowest BCUT2D eigenvalue weighted by Gasteiger charge is -2.12. The van der Waals surface area contributed by atoms with E-state index in [1.54, 1.807) is 25.6 Å². The molecule has 1 unspecified atom stereocenters. The van der Waals surface area contributed by atoms with Crippen LogP contribution in [0.5, 0.6) is 11.5 Å². The zero-order valence-corrected chi connectivity index (χ0v) is 13.8. The second kappa shape index (κ2) is 6.51. The van der Waals surface area contributed by atoms with Gasteiger partial charge in [-0.1, -0.05) is 6.07 Å². The lowest BCUT2D eigenvalue weighted by Crippen LogP contribution is -1.97. The minimum absolute atomic E-state index is 0.00759. The average molecular weight is 311 g/mol. The van der Waals surface area contributed by atoms with Crippen molar-refractivity contribution in [2.24, 2.45) is 0 Å². The van der Waals surface area contributed by atoms with Crippen molar-refractivity contribution >= 4 is 22.9 Å². The van der Waals surface area contributed by atoms with Crippen LogP contribution in [0.2, 0.25) is 0 Å². The third-order valence-corrected chi connectivity index (χ3v) is 4.99. The molecule has 0 saturated heterocycles. The van der Waals surface area contributed by atoms with E-state index < -0.39 is 0 Å². The summed E-state index contributed by atoms with van der Waals surface area (Å²) >= 11 is 8.34. The van der Waals surface area contributed by atoms with Crippen molar-refractivity contribution in [3.05, 3.63) is 45.1 Å². The number of aryl methyl sites for hydroxylation is 2. The highest BCUT2D eigenvalue weighted by Gasteiger charge is 2.15. The molecule has 0 aliphatic carbocycles. The summed E-state index contributed by atoms with van der Waals surface area (Å²) < 4.78 is 10.6. The molecule has 0 aliphatic heterocycles. The molecule has 4 heteroatoms. The smallest absolute Gasteiger partial charge is 0.160 e. The van der Waals surface area contributed by atoms with Crippen molar-refractivity contribution in [1.29, 1.82) is 0 Å². The summed E-state index contributed by atoms with van der Waals surface area (Å²) in [5, 5.41) is -0.00759. The fourth-order valence-electron chi connectivity index (χ4n) is 2.28. The van der Waals surface area contributed by atoms with Crippen LogP contribution >= 0.6 is 22.9 Å². The van der Waals surface area contributed by atoms with Crippen LogP contribution in [-0.2, 0) is 6.42 Å². The highest BCUT2D eigenvalue weighted by atomic mass is 35.5. The first-order chi connectivity index (χ1) is 9.55. The number of benzene rings is 1. The summed E-state index contributed by atoms with van der Waals surface area (Å²) in [5.74, 6) is 1.48. The monoisotopic (exact) mass is 310 g/mol. The molecule has 0 radical (unpaired) electrons. The van der Waals surface area contributed by atoms with Crippen molar-refractivity contribution < 1.29 is 9.47 Å². The van der Waals surface area contributed by atoms with E-state index in [4.69, 9.17) is 21.1 Å². The fraction of sp³-hybridized carbons (Fsp3) is 0.375. The number of alkyl halides is 1. The molecular weight excluding hydrogens is 292 g/mol. The average Bonchev–Trinajstić information content (AvgIpc) is 2.77. The Morgan fingerprint density at radius 2 is 1.80 bits per heavy atom. The van der Waals surface area contributed by atoms with Crippen molar-refractivity contribution in [2.75, 3.05) is 14.2 Å². The van der Waals surface area contributed by atoms with Gasteiger partial charge in [-0.3, -0.25) is 0 Å². The Kier molecular flexibility index (Phi) is 4.95. The first-order valence-corrected chi connectivity index (χ1v) is 7.72. The molecule has 108 valence electrons. The van der Waals surface area contributed by atoms with Crippen molar-refractivity contribution in [1.82, 2.24) is 0 Å². The van der Waals surface area contributed by atoms with Crippen molar-refractivity contribution in [2.45, 2.75) is 25.6 Å². The van der Waals surface area contributed by atoms with Crippen molar-refractivity contribution in [3.8, 4) is 11.5 Å². The van der Waals surface area contributed by atoms with E-state index in [2.05, 4.69) is 19.9 Å². The molecule has 0 amide bonds. The van der Waals surface area contributed by atoms with Gasteiger partial charge in [-0.25, -0.2) is 0 Å². The number of ether oxygens (including phenoxy) is 2. The highest BCUT2D eigenvalue weighted by molar-refractivity contribution is 7.12. The molecule has 0 aliphatic rings. The number of rotatable bonds is 5. The predicted molar refractivity (Wildman–Crippen MR) is 85.6 cm³/mol. The molecule has 0 spiro atoms. The lowest BCUT2D eigenvalue weighted by atomic mass is 10.1. The molecule has 2 nitrogen and oxygen atoms in total. The van der Waals surface area contributed by atoms with Crippen LogP contribution in [0, 0.1) is 13.8 Å². The summed E-state index contributed by atoms with van der Waals surface area (Å²) in [4.78, 5) is 2.55. The van der Waals surface area contributed by atoms with Gasteiger partial charge in [0.25, 0.3) is 0 Å². The standard InChI is InChI=1S/C16H19ClO2S/c1-10-7-11(2)20-16(10)13(17)8-12-5-6-14(18-3)15(9-12)19-4/h5-7,9,13H,8H2,1-4H3. The molecule has 1 atom stereocenters. The number of hydrogen-bond acceptors (Lipinski definition) is 3. The van der Waals surface area contributed by atoms with E-state index in [9.17, 15) is 0 Å². The third-order valence-electron chi connectivity index (χ3n) is 3.23. The van der Waals surface area contributed by atoms with E-state index in [1.165, 1.54) is 15.3 Å². The quantitative estimate of drug-likeness (QED) is 0.731. The van der Waals surface area contributed by atoms with E-state index in [1.807, 2.05) is 18.2 Å². The van der Waals surface area contributed by atoms with Crippen LogP contribution in [0.4, 0.5) is 0 Å². The van der Waals surface area contributed by atoms with Gasteiger partial charge >= 0.3 is 0 Å². The molecule has 1 heterocycles. The summed E-state index contributed by atoms with van der Waals surface area (Å²) in [5.41, 5.74) is 2.42. The van der Waals surface area contributed by atoms with Crippen LogP contribution in [0.3, 0.4) is 0 Å². The minimum Gasteiger partial charge on any atom is -0.493 e. The maximum absolute atomic E-state index is 6.57. The molecule has 2 aromatic rings. The van der Waals surface area contributed by atoms with Crippen LogP contribution in [0.1, 0.15) is 26.3 Å². The Balaban J connectivity index is 2.19. The van der Waals surface area contributed by atoms with E-state index in [-0.39, 0.29) is 5.38 Å². The van der Waals surface area contributed by atoms with Gasteiger partial charge < -0.3 is 9.47 Å². The van der Waals surface area contributed by atoms with Gasteiger partial charge in [0, 0.05) is 9.75 Å². The Hall–Kier alpha value is -1.19. The second-order valence-corrected chi connectivity index (χ2v) is 6.58. The molecule has 0 saturated carbocycles. The van der Waals surface area contributed by atoms with E-state index in [0.717, 1.165) is 23.5 Å². The summed E-state index contributed by atoms with van der Waals surface area (Å²) in [6.07, 6.45) is 0.780. The minimum atomic E-state index is -0.00759. The number of thiophene rings is 1. The zero-order valence-electron chi connectivity index (χ0n) is 12.2. The highest BCUT2D eigenvalue weighted by Crippen LogP contribution is 2.35. The predicted octanol–water partition coefficient (Wildman–Crippen LogP) is 4.90. The van der Waals surface area contributed by atoms with Gasteiger partial charge in [-0.05, 0) is 49.6 Å². The summed E-state index contributed by atoms with van der Waals surface area (Å²) in [7, 11) is 3.28. The zero-order chi connectivity index (χ0) is 14.7. The normalized spacial score (nSPS) is 12.2. The van der Waals surface area contributed by atoms with Gasteiger partial charge in [-0.2, -0.15) is 0 Å². The maximum atomic E-state index is 6.57. The van der Waals surface area contributed by atoms with Crippen LogP contribution in [-0.4, -0.2) is 14.2 Å². The SMILES string of the molecule is COc1ccc(CC(Cl)c2sc(C)cc2C)cc1OC. The fourth-order valence-corrected chi connectivity index (χ4v) is 3.78. The number of halogens is 1. The van der Waals surface area contributed by atoms with Crippen LogP contribution < -0.4 is 9.47 Å². The Morgan fingerprint density at radius 3 is 2.35 bits per heavy atom. The molecule has 0 bridgehead atoms. The molecule has 0 fully saturated rings. The van der Waals surface area contributed by atoms with Crippen LogP contribution in [0.25, 0.3) is 0 Å². The first-order valence-electron chi connectivity index (χ1n) is 6.47. The Bertz CT molecular complexity index is 592. The van der Waals surface area contributed by atoms with Gasteiger partial charge in [0.2, 0.25) is 0 Å². The summed E-state index contributed by atoms with van der Waals surface area (Å²) in [6, 6.07) is 8.13. The Morgan fingerprint density at radius 1 is 1.10 bits per heavy atom. The third kappa shape index (κ3) is 3.28. The number of hydrogen-bond donors (Lipinski definition) is 0. The van der Waals surface area contributed by atoms with E-state index >= 15 is 0 Å². The molecule has 2 rings (SSSR count). The van der Waals surface area contributed by atoms with Gasteiger partial charge in [-0.15, -0.1) is 22.9 Å². The van der Waals surface area contributed by atoms with Crippen molar-refractivity contribution in [3.63, 3.8) is 0 Å². The van der Waals surface area contributed by atoms with Gasteiger partial charge in [0.05, 0.1) is 19.6 Å². The largest absolute Gasteiger partial charge is 0.493 e. The number of methoxy groups -OCH3 is 2. The van der Waals surface area contributed by atoms with E-state index in [0.29, 0.717) is 0 Å².